The number of rotatable bonds is 5. The molecule has 0 saturated carbocycles. The van der Waals surface area contributed by atoms with Crippen molar-refractivity contribution in [2.45, 2.75) is 31.8 Å². The molecule has 2 rings (SSSR count). The van der Waals surface area contributed by atoms with Crippen LogP contribution in [0.25, 0.3) is 0 Å². The lowest BCUT2D eigenvalue weighted by Crippen LogP contribution is -2.58. The van der Waals surface area contributed by atoms with Gasteiger partial charge in [0, 0.05) is 38.9 Å². The van der Waals surface area contributed by atoms with Crippen molar-refractivity contribution in [3.8, 4) is 0 Å². The molecule has 2 N–H and O–H groups in total. The van der Waals surface area contributed by atoms with Crippen LogP contribution in [0.1, 0.15) is 19.8 Å². The Kier molecular flexibility index (Phi) is 6.41. The van der Waals surface area contributed by atoms with Crippen LogP contribution in [0, 0.1) is 0 Å². The Morgan fingerprint density at radius 3 is 2.86 bits per heavy atom. The van der Waals surface area contributed by atoms with Crippen LogP contribution in [0.5, 0.6) is 0 Å². The van der Waals surface area contributed by atoms with E-state index >= 15 is 0 Å². The fourth-order valence-corrected chi connectivity index (χ4v) is 2.71. The number of carbonyl (C=O) groups excluding carboxylic acids is 2. The van der Waals surface area contributed by atoms with Crippen LogP contribution in [-0.2, 0) is 19.1 Å². The van der Waals surface area contributed by atoms with Gasteiger partial charge in [-0.25, -0.2) is 0 Å². The van der Waals surface area contributed by atoms with E-state index in [4.69, 9.17) is 9.47 Å². The molecular weight excluding hydrogens is 274 g/mol. The Morgan fingerprint density at radius 1 is 1.38 bits per heavy atom. The minimum Gasteiger partial charge on any atom is -0.465 e. The third-order valence-electron chi connectivity index (χ3n) is 3.85. The molecule has 0 spiro atoms. The summed E-state index contributed by atoms with van der Waals surface area (Å²) in [5, 5.41) is 6.19. The van der Waals surface area contributed by atoms with Crippen molar-refractivity contribution in [1.29, 1.82) is 0 Å². The van der Waals surface area contributed by atoms with Gasteiger partial charge in [0.1, 0.15) is 6.04 Å². The van der Waals surface area contributed by atoms with Crippen LogP contribution in [0.4, 0.5) is 0 Å². The summed E-state index contributed by atoms with van der Waals surface area (Å²) >= 11 is 0. The molecule has 0 bridgehead atoms. The van der Waals surface area contributed by atoms with E-state index in [1.807, 2.05) is 4.90 Å². The molecule has 0 aromatic rings. The Hall–Kier alpha value is -1.18. The number of esters is 1. The van der Waals surface area contributed by atoms with Crippen molar-refractivity contribution in [3.63, 3.8) is 0 Å². The number of ether oxygens (including phenoxy) is 2. The molecule has 7 heteroatoms. The van der Waals surface area contributed by atoms with Gasteiger partial charge in [-0.1, -0.05) is 0 Å². The quantitative estimate of drug-likeness (QED) is 0.642. The summed E-state index contributed by atoms with van der Waals surface area (Å²) in [5.41, 5.74) is 0. The van der Waals surface area contributed by atoms with E-state index in [2.05, 4.69) is 10.6 Å². The maximum atomic E-state index is 12.1. The molecule has 21 heavy (non-hydrogen) atoms. The summed E-state index contributed by atoms with van der Waals surface area (Å²) in [5.74, 6) is -0.290. The van der Waals surface area contributed by atoms with Gasteiger partial charge in [-0.05, 0) is 19.8 Å². The molecular formula is C14H25N3O4. The maximum absolute atomic E-state index is 12.1. The van der Waals surface area contributed by atoms with Crippen LogP contribution in [0.15, 0.2) is 0 Å². The lowest BCUT2D eigenvalue weighted by molar-refractivity contribution is -0.150. The number of hydrogen-bond donors (Lipinski definition) is 2. The fourth-order valence-electron chi connectivity index (χ4n) is 2.71. The number of nitrogens with one attached hydrogen (secondary N) is 2. The average Bonchev–Trinajstić information content (AvgIpc) is 2.49. The molecule has 2 fully saturated rings. The van der Waals surface area contributed by atoms with E-state index < -0.39 is 0 Å². The van der Waals surface area contributed by atoms with E-state index in [1.165, 1.54) is 0 Å². The lowest BCUT2D eigenvalue weighted by atomic mass is 10.1. The van der Waals surface area contributed by atoms with Gasteiger partial charge in [-0.15, -0.1) is 0 Å². The number of piperazine rings is 1. The molecule has 0 aliphatic carbocycles. The van der Waals surface area contributed by atoms with Crippen molar-refractivity contribution < 1.29 is 19.1 Å². The first kappa shape index (κ1) is 16.2. The second kappa shape index (κ2) is 8.31. The smallest absolute Gasteiger partial charge is 0.324 e. The number of hydrogen-bond acceptors (Lipinski definition) is 6. The summed E-state index contributed by atoms with van der Waals surface area (Å²) in [6, 6.07) is -0.186. The second-order valence-electron chi connectivity index (χ2n) is 5.40. The summed E-state index contributed by atoms with van der Waals surface area (Å²) in [6.07, 6.45) is 1.71. The Bertz CT molecular complexity index is 358. The SMILES string of the molecule is CCOC(=O)C1CNCCN1CC(=O)NC1CCOCC1. The predicted octanol–water partition coefficient (Wildman–Crippen LogP) is -0.881. The molecule has 2 saturated heterocycles. The Balaban J connectivity index is 1.83. The summed E-state index contributed by atoms with van der Waals surface area (Å²) in [6.45, 7) is 5.76. The van der Waals surface area contributed by atoms with Crippen molar-refractivity contribution in [1.82, 2.24) is 15.5 Å². The molecule has 0 aromatic heterocycles. The van der Waals surface area contributed by atoms with Crippen LogP contribution in [0.3, 0.4) is 0 Å². The maximum Gasteiger partial charge on any atom is 0.324 e. The summed E-state index contributed by atoms with van der Waals surface area (Å²) in [7, 11) is 0. The number of nitrogens with zero attached hydrogens (tertiary/aromatic N) is 1. The summed E-state index contributed by atoms with van der Waals surface area (Å²) in [4.78, 5) is 26.0. The Morgan fingerprint density at radius 2 is 2.14 bits per heavy atom. The highest BCUT2D eigenvalue weighted by Gasteiger charge is 2.31. The second-order valence-corrected chi connectivity index (χ2v) is 5.40. The van der Waals surface area contributed by atoms with Crippen LogP contribution >= 0.6 is 0 Å². The molecule has 0 aromatic carbocycles. The molecule has 1 atom stereocenters. The first-order valence-electron chi connectivity index (χ1n) is 7.69. The normalized spacial score (nSPS) is 24.5. The van der Waals surface area contributed by atoms with E-state index in [0.29, 0.717) is 32.9 Å². The molecule has 1 amide bonds. The van der Waals surface area contributed by atoms with Gasteiger partial charge in [0.15, 0.2) is 0 Å². The van der Waals surface area contributed by atoms with E-state index in [0.717, 1.165) is 19.4 Å². The van der Waals surface area contributed by atoms with Crippen LogP contribution in [-0.4, -0.2) is 74.9 Å². The molecule has 1 unspecified atom stereocenters. The molecule has 2 aliphatic heterocycles. The first-order chi connectivity index (χ1) is 10.2. The predicted molar refractivity (Wildman–Crippen MR) is 76.8 cm³/mol. The van der Waals surface area contributed by atoms with Gasteiger partial charge in [-0.3, -0.25) is 14.5 Å². The van der Waals surface area contributed by atoms with Crippen LogP contribution < -0.4 is 10.6 Å². The van der Waals surface area contributed by atoms with Gasteiger partial charge in [0.2, 0.25) is 5.91 Å². The fraction of sp³-hybridized carbons (Fsp3) is 0.857. The zero-order valence-electron chi connectivity index (χ0n) is 12.6. The van der Waals surface area contributed by atoms with Gasteiger partial charge >= 0.3 is 5.97 Å². The monoisotopic (exact) mass is 299 g/mol. The minimum absolute atomic E-state index is 0.0295. The first-order valence-corrected chi connectivity index (χ1v) is 7.69. The Labute approximate surface area is 125 Å². The highest BCUT2D eigenvalue weighted by molar-refractivity contribution is 5.81. The van der Waals surface area contributed by atoms with Crippen LogP contribution in [0.2, 0.25) is 0 Å². The van der Waals surface area contributed by atoms with Crippen molar-refractivity contribution in [2.75, 3.05) is 46.0 Å². The molecule has 120 valence electrons. The van der Waals surface area contributed by atoms with Crippen molar-refractivity contribution in [3.05, 3.63) is 0 Å². The molecule has 2 aliphatic rings. The van der Waals surface area contributed by atoms with Gasteiger partial charge in [0.05, 0.1) is 13.2 Å². The number of amides is 1. The van der Waals surface area contributed by atoms with Crippen molar-refractivity contribution >= 4 is 11.9 Å². The molecule has 2 heterocycles. The standard InChI is InChI=1S/C14H25N3O4/c1-2-21-14(19)12-9-15-5-6-17(12)10-13(18)16-11-3-7-20-8-4-11/h11-12,15H,2-10H2,1H3,(H,16,18). The molecule has 7 nitrogen and oxygen atoms in total. The van der Waals surface area contributed by atoms with Gasteiger partial charge in [-0.2, -0.15) is 0 Å². The minimum atomic E-state index is -0.376. The highest BCUT2D eigenvalue weighted by atomic mass is 16.5. The van der Waals surface area contributed by atoms with Gasteiger partial charge < -0.3 is 20.1 Å². The van der Waals surface area contributed by atoms with E-state index in [9.17, 15) is 9.59 Å². The van der Waals surface area contributed by atoms with Gasteiger partial charge in [0.25, 0.3) is 0 Å². The summed E-state index contributed by atoms with van der Waals surface area (Å²) < 4.78 is 10.3. The third kappa shape index (κ3) is 4.94. The zero-order chi connectivity index (χ0) is 15.1. The zero-order valence-corrected chi connectivity index (χ0v) is 12.6. The largest absolute Gasteiger partial charge is 0.465 e. The lowest BCUT2D eigenvalue weighted by Gasteiger charge is -2.34. The van der Waals surface area contributed by atoms with E-state index in [1.54, 1.807) is 6.92 Å². The average molecular weight is 299 g/mol. The molecule has 0 radical (unpaired) electrons. The topological polar surface area (TPSA) is 79.9 Å². The highest BCUT2D eigenvalue weighted by Crippen LogP contribution is 2.08. The number of carbonyl (C=O) groups is 2. The third-order valence-corrected chi connectivity index (χ3v) is 3.85. The van der Waals surface area contributed by atoms with Crippen molar-refractivity contribution in [2.24, 2.45) is 0 Å². The van der Waals surface area contributed by atoms with E-state index in [-0.39, 0.29) is 30.5 Å².